The highest BCUT2D eigenvalue weighted by molar-refractivity contribution is 8.01. The van der Waals surface area contributed by atoms with Gasteiger partial charge in [0.15, 0.2) is 4.34 Å². The van der Waals surface area contributed by atoms with Crippen LogP contribution in [-0.2, 0) is 4.79 Å². The van der Waals surface area contributed by atoms with Crippen LogP contribution in [0.25, 0.3) is 0 Å². The Kier molecular flexibility index (Phi) is 5.30. The molecule has 0 radical (unpaired) electrons. The van der Waals surface area contributed by atoms with Gasteiger partial charge in [0, 0.05) is 22.7 Å². The molecule has 0 saturated heterocycles. The number of nitrogens with one attached hydrogen (secondary N) is 1. The van der Waals surface area contributed by atoms with Crippen LogP contribution in [0, 0.1) is 18.6 Å². The van der Waals surface area contributed by atoms with Crippen LogP contribution in [0.2, 0.25) is 0 Å². The summed E-state index contributed by atoms with van der Waals surface area (Å²) in [5.74, 6) is -1.31. The van der Waals surface area contributed by atoms with Gasteiger partial charge in [0.2, 0.25) is 5.91 Å². The molecule has 2 rings (SSSR count). The number of carbonyl (C=O) groups excluding carboxylic acids is 1. The number of hydrogen-bond acceptors (Lipinski definition) is 4. The van der Waals surface area contributed by atoms with Gasteiger partial charge in [0.05, 0.1) is 11.8 Å². The van der Waals surface area contributed by atoms with Crippen molar-refractivity contribution < 1.29 is 13.6 Å². The molecule has 2 aromatic rings. The second kappa shape index (κ2) is 7.00. The lowest BCUT2D eigenvalue weighted by Gasteiger charge is -2.14. The third-order valence-corrected chi connectivity index (χ3v) is 4.87. The van der Waals surface area contributed by atoms with Gasteiger partial charge >= 0.3 is 0 Å². The van der Waals surface area contributed by atoms with Crippen LogP contribution in [-0.4, -0.2) is 16.6 Å². The standard InChI is InChI=1S/C14H14F2N2OS2/c1-8-6-20-14(17-8)21-7-13(19)18-9(2)11-4-3-10(15)5-12(11)16/h3-6,9H,7H2,1-2H3,(H,18,19). The Morgan fingerprint density at radius 2 is 2.24 bits per heavy atom. The number of nitrogens with zero attached hydrogens (tertiary/aromatic N) is 1. The van der Waals surface area contributed by atoms with Crippen molar-refractivity contribution in [3.05, 3.63) is 46.5 Å². The summed E-state index contributed by atoms with van der Waals surface area (Å²) >= 11 is 2.82. The minimum Gasteiger partial charge on any atom is -0.349 e. The monoisotopic (exact) mass is 328 g/mol. The fraction of sp³-hybridized carbons (Fsp3) is 0.286. The lowest BCUT2D eigenvalue weighted by atomic mass is 10.1. The normalized spacial score (nSPS) is 12.2. The molecule has 7 heteroatoms. The van der Waals surface area contributed by atoms with E-state index in [1.54, 1.807) is 6.92 Å². The average molecular weight is 328 g/mol. The van der Waals surface area contributed by atoms with E-state index in [9.17, 15) is 13.6 Å². The second-order valence-corrected chi connectivity index (χ2v) is 6.58. The van der Waals surface area contributed by atoms with Crippen molar-refractivity contribution in [2.24, 2.45) is 0 Å². The smallest absolute Gasteiger partial charge is 0.230 e. The number of amides is 1. The highest BCUT2D eigenvalue weighted by Gasteiger charge is 2.14. The number of thiazole rings is 1. The molecule has 112 valence electrons. The summed E-state index contributed by atoms with van der Waals surface area (Å²) < 4.78 is 27.3. The van der Waals surface area contributed by atoms with Crippen molar-refractivity contribution in [1.82, 2.24) is 10.3 Å². The molecule has 1 amide bonds. The van der Waals surface area contributed by atoms with E-state index in [4.69, 9.17) is 0 Å². The molecular formula is C14H14F2N2OS2. The topological polar surface area (TPSA) is 42.0 Å². The molecule has 1 N–H and O–H groups in total. The Hall–Kier alpha value is -1.47. The van der Waals surface area contributed by atoms with Gasteiger partial charge in [0.1, 0.15) is 11.6 Å². The molecule has 0 aliphatic carbocycles. The maximum atomic E-state index is 13.6. The van der Waals surface area contributed by atoms with Gasteiger partial charge in [0.25, 0.3) is 0 Å². The van der Waals surface area contributed by atoms with E-state index in [1.807, 2.05) is 12.3 Å². The number of carbonyl (C=O) groups is 1. The van der Waals surface area contributed by atoms with E-state index in [0.717, 1.165) is 16.1 Å². The van der Waals surface area contributed by atoms with Crippen LogP contribution in [0.15, 0.2) is 27.9 Å². The first kappa shape index (κ1) is 15.9. The van der Waals surface area contributed by atoms with E-state index in [-0.39, 0.29) is 17.2 Å². The SMILES string of the molecule is Cc1csc(SCC(=O)NC(C)c2ccc(F)cc2F)n1. The van der Waals surface area contributed by atoms with Gasteiger partial charge in [-0.3, -0.25) is 4.79 Å². The molecule has 0 bridgehead atoms. The van der Waals surface area contributed by atoms with Crippen molar-refractivity contribution in [3.8, 4) is 0 Å². The molecule has 0 fully saturated rings. The first-order chi connectivity index (χ1) is 9.95. The minimum atomic E-state index is -0.661. The quantitative estimate of drug-likeness (QED) is 0.851. The predicted molar refractivity (Wildman–Crippen MR) is 80.5 cm³/mol. The van der Waals surface area contributed by atoms with Gasteiger partial charge in [-0.25, -0.2) is 13.8 Å². The largest absolute Gasteiger partial charge is 0.349 e. The highest BCUT2D eigenvalue weighted by atomic mass is 32.2. The van der Waals surface area contributed by atoms with Crippen LogP contribution in [0.3, 0.4) is 0 Å². The summed E-state index contributed by atoms with van der Waals surface area (Å²) in [4.78, 5) is 16.1. The van der Waals surface area contributed by atoms with Gasteiger partial charge in [-0.05, 0) is 19.9 Å². The fourth-order valence-corrected chi connectivity index (χ4v) is 3.40. The zero-order valence-electron chi connectivity index (χ0n) is 11.5. The predicted octanol–water partition coefficient (Wildman–Crippen LogP) is 3.70. The highest BCUT2D eigenvalue weighted by Crippen LogP contribution is 2.23. The van der Waals surface area contributed by atoms with Gasteiger partial charge in [-0.1, -0.05) is 17.8 Å². The van der Waals surface area contributed by atoms with Crippen LogP contribution in [0.1, 0.15) is 24.2 Å². The van der Waals surface area contributed by atoms with Crippen molar-refractivity contribution in [3.63, 3.8) is 0 Å². The van der Waals surface area contributed by atoms with E-state index in [0.29, 0.717) is 0 Å². The van der Waals surface area contributed by atoms with Crippen LogP contribution in [0.5, 0.6) is 0 Å². The maximum Gasteiger partial charge on any atom is 0.230 e. The summed E-state index contributed by atoms with van der Waals surface area (Å²) in [5.41, 5.74) is 1.18. The van der Waals surface area contributed by atoms with Crippen molar-refractivity contribution >= 4 is 29.0 Å². The number of halogens is 2. The summed E-state index contributed by atoms with van der Waals surface area (Å²) in [6.07, 6.45) is 0. The molecule has 0 saturated carbocycles. The third kappa shape index (κ3) is 4.50. The molecule has 0 spiro atoms. The minimum absolute atomic E-state index is 0.208. The molecule has 1 aromatic carbocycles. The second-order valence-electron chi connectivity index (χ2n) is 4.50. The molecule has 0 aliphatic rings. The number of hydrogen-bond donors (Lipinski definition) is 1. The molecule has 21 heavy (non-hydrogen) atoms. The Balaban J connectivity index is 1.89. The lowest BCUT2D eigenvalue weighted by Crippen LogP contribution is -2.28. The van der Waals surface area contributed by atoms with E-state index >= 15 is 0 Å². The molecular weight excluding hydrogens is 314 g/mol. The summed E-state index contributed by atoms with van der Waals surface area (Å²) in [5, 5.41) is 4.60. The third-order valence-electron chi connectivity index (χ3n) is 2.73. The van der Waals surface area contributed by atoms with Gasteiger partial charge in [-0.15, -0.1) is 11.3 Å². The molecule has 1 unspecified atom stereocenters. The zero-order valence-corrected chi connectivity index (χ0v) is 13.2. The lowest BCUT2D eigenvalue weighted by molar-refractivity contribution is -0.119. The number of aromatic nitrogens is 1. The Morgan fingerprint density at radius 1 is 1.48 bits per heavy atom. The van der Waals surface area contributed by atoms with Crippen molar-refractivity contribution in [2.75, 3.05) is 5.75 Å². The first-order valence-corrected chi connectivity index (χ1v) is 8.11. The Labute approximate surface area is 129 Å². The van der Waals surface area contributed by atoms with Gasteiger partial charge < -0.3 is 5.32 Å². The number of rotatable bonds is 5. The number of aryl methyl sites for hydroxylation is 1. The van der Waals surface area contributed by atoms with Crippen LogP contribution < -0.4 is 5.32 Å². The van der Waals surface area contributed by atoms with Gasteiger partial charge in [-0.2, -0.15) is 0 Å². The van der Waals surface area contributed by atoms with Crippen LogP contribution in [0.4, 0.5) is 8.78 Å². The molecule has 1 aromatic heterocycles. The molecule has 3 nitrogen and oxygen atoms in total. The molecule has 1 atom stereocenters. The molecule has 0 aliphatic heterocycles. The summed E-state index contributed by atoms with van der Waals surface area (Å²) in [7, 11) is 0. The summed E-state index contributed by atoms with van der Waals surface area (Å²) in [6, 6.07) is 2.81. The fourth-order valence-electron chi connectivity index (χ4n) is 1.74. The van der Waals surface area contributed by atoms with E-state index in [1.165, 1.54) is 35.2 Å². The molecule has 1 heterocycles. The Morgan fingerprint density at radius 3 is 2.86 bits per heavy atom. The van der Waals surface area contributed by atoms with Crippen LogP contribution >= 0.6 is 23.1 Å². The van der Waals surface area contributed by atoms with Crippen molar-refractivity contribution in [2.45, 2.75) is 24.2 Å². The average Bonchev–Trinajstić information content (AvgIpc) is 2.82. The number of thioether (sulfide) groups is 1. The van der Waals surface area contributed by atoms with E-state index in [2.05, 4.69) is 10.3 Å². The Bertz CT molecular complexity index is 646. The maximum absolute atomic E-state index is 13.6. The van der Waals surface area contributed by atoms with E-state index < -0.39 is 17.7 Å². The van der Waals surface area contributed by atoms with Crippen molar-refractivity contribution in [1.29, 1.82) is 0 Å². The number of benzene rings is 1. The first-order valence-electron chi connectivity index (χ1n) is 6.25. The zero-order chi connectivity index (χ0) is 15.4. The summed E-state index contributed by atoms with van der Waals surface area (Å²) in [6.45, 7) is 3.55.